The minimum atomic E-state index is -0.154. The highest BCUT2D eigenvalue weighted by atomic mass is 127. The fraction of sp³-hybridized carbons (Fsp3) is 0.500. The minimum absolute atomic E-state index is 0.154. The van der Waals surface area contributed by atoms with Crippen molar-refractivity contribution in [2.24, 2.45) is 5.92 Å². The molecule has 4 heteroatoms. The van der Waals surface area contributed by atoms with E-state index < -0.39 is 0 Å². The summed E-state index contributed by atoms with van der Waals surface area (Å²) in [5, 5.41) is 6.77. The van der Waals surface area contributed by atoms with Crippen LogP contribution in [0, 0.1) is 15.3 Å². The van der Waals surface area contributed by atoms with Crippen molar-refractivity contribution in [3.05, 3.63) is 21.5 Å². The van der Waals surface area contributed by atoms with Crippen LogP contribution < -0.4 is 10.6 Å². The smallest absolute Gasteiger partial charge is 0.138 e. The van der Waals surface area contributed by atoms with Gasteiger partial charge in [-0.2, -0.15) is 0 Å². The van der Waals surface area contributed by atoms with Crippen LogP contribution in [0.15, 0.2) is 12.1 Å². The lowest BCUT2D eigenvalue weighted by Gasteiger charge is -2.32. The number of fused-ring (bicyclic) bond motifs is 1. The van der Waals surface area contributed by atoms with Crippen LogP contribution in [0.4, 0.5) is 15.8 Å². The summed E-state index contributed by atoms with van der Waals surface area (Å²) in [5.74, 6) is 0.432. The van der Waals surface area contributed by atoms with Gasteiger partial charge in [0, 0.05) is 18.7 Å². The van der Waals surface area contributed by atoms with Crippen molar-refractivity contribution in [2.45, 2.75) is 26.3 Å². The molecule has 1 aliphatic heterocycles. The van der Waals surface area contributed by atoms with E-state index in [2.05, 4.69) is 24.5 Å². The Kier molecular flexibility index (Phi) is 3.56. The molecule has 1 aliphatic rings. The Bertz CT molecular complexity index is 395. The Morgan fingerprint density at radius 1 is 1.50 bits per heavy atom. The van der Waals surface area contributed by atoms with E-state index in [4.69, 9.17) is 0 Å². The predicted molar refractivity (Wildman–Crippen MR) is 74.5 cm³/mol. The molecule has 2 N–H and O–H groups in total. The molecule has 1 heterocycles. The quantitative estimate of drug-likeness (QED) is 0.807. The molecule has 0 amide bonds. The van der Waals surface area contributed by atoms with Gasteiger partial charge in [0.2, 0.25) is 0 Å². The number of rotatable bonds is 2. The summed E-state index contributed by atoms with van der Waals surface area (Å²) < 4.78 is 14.1. The molecule has 88 valence electrons. The van der Waals surface area contributed by atoms with Gasteiger partial charge in [-0.3, -0.25) is 0 Å². The lowest BCUT2D eigenvalue weighted by atomic mass is 9.97. The summed E-state index contributed by atoms with van der Waals surface area (Å²) in [7, 11) is 0. The van der Waals surface area contributed by atoms with Gasteiger partial charge in [-0.25, -0.2) is 4.39 Å². The number of anilines is 2. The van der Waals surface area contributed by atoms with Crippen LogP contribution in [-0.2, 0) is 0 Å². The van der Waals surface area contributed by atoms with Gasteiger partial charge in [0.05, 0.1) is 14.9 Å². The van der Waals surface area contributed by atoms with Gasteiger partial charge in [-0.1, -0.05) is 20.3 Å². The standard InChI is InChI=1S/C12H16FIN2/c1-3-7(2)12-6-15-10-5-9(14)8(13)4-11(10)16-12/h4-5,7,12,15-16H,3,6H2,1-2H3. The highest BCUT2D eigenvalue weighted by molar-refractivity contribution is 14.1. The van der Waals surface area contributed by atoms with Crippen molar-refractivity contribution >= 4 is 34.0 Å². The second kappa shape index (κ2) is 4.77. The van der Waals surface area contributed by atoms with E-state index in [0.29, 0.717) is 15.5 Å². The Balaban J connectivity index is 2.23. The van der Waals surface area contributed by atoms with Crippen molar-refractivity contribution in [1.82, 2.24) is 0 Å². The lowest BCUT2D eigenvalue weighted by molar-refractivity contribution is 0.477. The van der Waals surface area contributed by atoms with Crippen LogP contribution in [0.1, 0.15) is 20.3 Å². The number of hydrogen-bond donors (Lipinski definition) is 2. The number of nitrogens with one attached hydrogen (secondary N) is 2. The zero-order valence-electron chi connectivity index (χ0n) is 9.48. The van der Waals surface area contributed by atoms with Crippen molar-refractivity contribution in [1.29, 1.82) is 0 Å². The SMILES string of the molecule is CCC(C)C1CNc2cc(I)c(F)cc2N1. The topological polar surface area (TPSA) is 24.1 Å². The first-order valence-corrected chi connectivity index (χ1v) is 6.69. The molecule has 0 aliphatic carbocycles. The van der Waals surface area contributed by atoms with E-state index in [1.165, 1.54) is 0 Å². The molecule has 2 atom stereocenters. The molecule has 0 saturated heterocycles. The lowest BCUT2D eigenvalue weighted by Crippen LogP contribution is -2.38. The van der Waals surface area contributed by atoms with E-state index in [-0.39, 0.29) is 5.82 Å². The van der Waals surface area contributed by atoms with Gasteiger partial charge in [0.25, 0.3) is 0 Å². The average molecular weight is 334 g/mol. The van der Waals surface area contributed by atoms with Crippen molar-refractivity contribution in [3.8, 4) is 0 Å². The van der Waals surface area contributed by atoms with Gasteiger partial charge >= 0.3 is 0 Å². The molecule has 0 saturated carbocycles. The highest BCUT2D eigenvalue weighted by Gasteiger charge is 2.22. The van der Waals surface area contributed by atoms with Crippen LogP contribution in [0.3, 0.4) is 0 Å². The number of benzene rings is 1. The molecule has 0 spiro atoms. The van der Waals surface area contributed by atoms with E-state index in [0.717, 1.165) is 24.3 Å². The molecule has 0 fully saturated rings. The van der Waals surface area contributed by atoms with Crippen molar-refractivity contribution < 1.29 is 4.39 Å². The first-order valence-electron chi connectivity index (χ1n) is 5.61. The Hall–Kier alpha value is -0.520. The molecule has 2 nitrogen and oxygen atoms in total. The van der Waals surface area contributed by atoms with Crippen molar-refractivity contribution in [3.63, 3.8) is 0 Å². The molecule has 1 aromatic rings. The Labute approximate surface area is 109 Å². The maximum absolute atomic E-state index is 13.4. The van der Waals surface area contributed by atoms with Crippen LogP contribution in [0.2, 0.25) is 0 Å². The van der Waals surface area contributed by atoms with Gasteiger partial charge in [-0.15, -0.1) is 0 Å². The summed E-state index contributed by atoms with van der Waals surface area (Å²) in [6.07, 6.45) is 1.13. The fourth-order valence-corrected chi connectivity index (χ4v) is 2.38. The molecule has 0 bridgehead atoms. The second-order valence-corrected chi connectivity index (χ2v) is 5.49. The molecule has 0 aromatic heterocycles. The van der Waals surface area contributed by atoms with E-state index in [1.54, 1.807) is 6.07 Å². The predicted octanol–water partition coefficient (Wildman–Crippen LogP) is 3.68. The molecule has 0 radical (unpaired) electrons. The monoisotopic (exact) mass is 334 g/mol. The first kappa shape index (κ1) is 12.0. The van der Waals surface area contributed by atoms with Gasteiger partial charge in [0.1, 0.15) is 5.82 Å². The van der Waals surface area contributed by atoms with Gasteiger partial charge in [-0.05, 0) is 34.6 Å². The summed E-state index contributed by atoms with van der Waals surface area (Å²) in [6, 6.07) is 3.82. The maximum atomic E-state index is 13.4. The zero-order valence-corrected chi connectivity index (χ0v) is 11.6. The average Bonchev–Trinajstić information content (AvgIpc) is 2.29. The summed E-state index contributed by atoms with van der Waals surface area (Å²) in [5.41, 5.74) is 1.89. The largest absolute Gasteiger partial charge is 0.381 e. The summed E-state index contributed by atoms with van der Waals surface area (Å²) in [6.45, 7) is 5.30. The molecular formula is C12H16FIN2. The molecular weight excluding hydrogens is 318 g/mol. The van der Waals surface area contributed by atoms with Gasteiger partial charge in [0.15, 0.2) is 0 Å². The fourth-order valence-electron chi connectivity index (χ4n) is 1.91. The molecule has 1 aromatic carbocycles. The number of halogens is 2. The second-order valence-electron chi connectivity index (χ2n) is 4.33. The molecule has 2 rings (SSSR count). The van der Waals surface area contributed by atoms with Crippen LogP contribution in [0.5, 0.6) is 0 Å². The van der Waals surface area contributed by atoms with E-state index >= 15 is 0 Å². The molecule has 16 heavy (non-hydrogen) atoms. The molecule has 2 unspecified atom stereocenters. The van der Waals surface area contributed by atoms with Crippen LogP contribution in [0.25, 0.3) is 0 Å². The third kappa shape index (κ3) is 2.26. The summed E-state index contributed by atoms with van der Waals surface area (Å²) >= 11 is 2.01. The van der Waals surface area contributed by atoms with E-state index in [1.807, 2.05) is 28.7 Å². The van der Waals surface area contributed by atoms with Gasteiger partial charge < -0.3 is 10.6 Å². The third-order valence-corrected chi connectivity index (χ3v) is 4.07. The third-order valence-electron chi connectivity index (χ3n) is 3.24. The van der Waals surface area contributed by atoms with Crippen LogP contribution >= 0.6 is 22.6 Å². The summed E-state index contributed by atoms with van der Waals surface area (Å²) in [4.78, 5) is 0. The number of hydrogen-bond acceptors (Lipinski definition) is 2. The Morgan fingerprint density at radius 2 is 2.25 bits per heavy atom. The first-order chi connectivity index (χ1) is 7.61. The van der Waals surface area contributed by atoms with E-state index in [9.17, 15) is 4.39 Å². The maximum Gasteiger partial charge on any atom is 0.138 e. The Morgan fingerprint density at radius 3 is 2.94 bits per heavy atom. The normalized spacial score (nSPS) is 20.6. The van der Waals surface area contributed by atoms with Crippen LogP contribution in [-0.4, -0.2) is 12.6 Å². The minimum Gasteiger partial charge on any atom is -0.381 e. The highest BCUT2D eigenvalue weighted by Crippen LogP contribution is 2.31. The van der Waals surface area contributed by atoms with Crippen molar-refractivity contribution in [2.75, 3.05) is 17.2 Å². The zero-order chi connectivity index (χ0) is 11.7.